The first kappa shape index (κ1) is 17.7. The first-order valence-electron chi connectivity index (χ1n) is 9.06. The van der Waals surface area contributed by atoms with Crippen LogP contribution in [0, 0.1) is 17.6 Å². The number of aliphatic imine (C=N–C) groups is 1. The molecule has 148 valence electrons. The van der Waals surface area contributed by atoms with E-state index in [9.17, 15) is 13.2 Å². The highest BCUT2D eigenvalue weighted by Gasteiger charge is 2.60. The van der Waals surface area contributed by atoms with Gasteiger partial charge in [-0.15, -0.1) is 0 Å². The molecule has 1 aromatic carbocycles. The Morgan fingerprint density at radius 2 is 2.07 bits per heavy atom. The van der Waals surface area contributed by atoms with Crippen molar-refractivity contribution in [3.8, 4) is 0 Å². The summed E-state index contributed by atoms with van der Waals surface area (Å²) >= 11 is 0. The molecule has 29 heavy (non-hydrogen) atoms. The molecule has 1 fully saturated rings. The number of hydrogen-bond acceptors (Lipinski definition) is 6. The number of hydrogen-bond donors (Lipinski definition) is 2. The fourth-order valence-corrected chi connectivity index (χ4v) is 3.93. The summed E-state index contributed by atoms with van der Waals surface area (Å²) in [5.74, 6) is -1.07. The lowest BCUT2D eigenvalue weighted by Gasteiger charge is -2.31. The number of fused-ring (bicyclic) bond motifs is 2. The van der Waals surface area contributed by atoms with Crippen LogP contribution in [0.15, 0.2) is 47.7 Å². The minimum atomic E-state index is -1.43. The lowest BCUT2D eigenvalue weighted by Crippen LogP contribution is -2.39. The summed E-state index contributed by atoms with van der Waals surface area (Å²) in [5.41, 5.74) is 5.13. The zero-order valence-corrected chi connectivity index (χ0v) is 15.1. The summed E-state index contributed by atoms with van der Waals surface area (Å²) < 4.78 is 48.2. The second-order valence-corrected chi connectivity index (χ2v) is 7.18. The fraction of sp³-hybridized carbons (Fsp3) is 0.250. The fourth-order valence-electron chi connectivity index (χ4n) is 3.93. The average molecular weight is 399 g/mol. The molecule has 3 aromatic rings. The highest BCUT2D eigenvalue weighted by atomic mass is 19.1. The molecular formula is C20H16F3N5O. The van der Waals surface area contributed by atoms with Gasteiger partial charge in [0.05, 0.1) is 6.20 Å². The van der Waals surface area contributed by atoms with E-state index in [2.05, 4.69) is 20.3 Å². The summed E-state index contributed by atoms with van der Waals surface area (Å²) in [4.78, 5) is 12.4. The number of alkyl halides is 1. The molecule has 0 radical (unpaired) electrons. The molecule has 0 amide bonds. The van der Waals surface area contributed by atoms with Gasteiger partial charge in [0.25, 0.3) is 6.02 Å². The van der Waals surface area contributed by atoms with E-state index in [4.69, 9.17) is 10.5 Å². The molecule has 0 saturated heterocycles. The van der Waals surface area contributed by atoms with E-state index in [0.717, 1.165) is 6.20 Å². The van der Waals surface area contributed by atoms with Crippen molar-refractivity contribution in [1.82, 2.24) is 9.97 Å². The van der Waals surface area contributed by atoms with E-state index in [1.165, 1.54) is 24.4 Å². The molecule has 0 bridgehead atoms. The number of pyridine rings is 2. The average Bonchev–Trinajstić information content (AvgIpc) is 3.51. The molecule has 2 aromatic heterocycles. The SMILES string of the molecule is NC1=N[C@](CF)(c2cc(Nc3ncc(F)c4cccnc34)ccc2F)[C@H]2C[C@H]2O1. The maximum atomic E-state index is 14.7. The number of benzene rings is 1. The molecule has 1 saturated carbocycles. The maximum absolute atomic E-state index is 14.7. The Balaban J connectivity index is 1.58. The molecular weight excluding hydrogens is 383 g/mol. The zero-order chi connectivity index (χ0) is 20.2. The van der Waals surface area contributed by atoms with Crippen molar-refractivity contribution in [2.24, 2.45) is 16.6 Å². The number of nitrogens with two attached hydrogens (primary N) is 1. The van der Waals surface area contributed by atoms with Crippen molar-refractivity contribution < 1.29 is 17.9 Å². The Labute approximate surface area is 163 Å². The van der Waals surface area contributed by atoms with Crippen LogP contribution in [0.25, 0.3) is 10.9 Å². The molecule has 3 atom stereocenters. The molecule has 0 unspecified atom stereocenters. The van der Waals surface area contributed by atoms with Crippen LogP contribution in [0.4, 0.5) is 24.7 Å². The molecule has 0 spiro atoms. The van der Waals surface area contributed by atoms with Gasteiger partial charge in [-0.1, -0.05) is 0 Å². The van der Waals surface area contributed by atoms with Crippen LogP contribution in [-0.2, 0) is 10.3 Å². The zero-order valence-electron chi connectivity index (χ0n) is 15.1. The van der Waals surface area contributed by atoms with Crippen LogP contribution >= 0.6 is 0 Å². The summed E-state index contributed by atoms with van der Waals surface area (Å²) in [6.45, 7) is -0.905. The molecule has 2 aliphatic rings. The molecule has 5 rings (SSSR count). The molecule has 1 aliphatic carbocycles. The Bertz CT molecular complexity index is 1150. The number of aromatic nitrogens is 2. The van der Waals surface area contributed by atoms with Gasteiger partial charge in [0.1, 0.15) is 29.7 Å². The Morgan fingerprint density at radius 3 is 2.90 bits per heavy atom. The van der Waals surface area contributed by atoms with E-state index in [1.54, 1.807) is 12.1 Å². The first-order chi connectivity index (χ1) is 14.0. The third-order valence-corrected chi connectivity index (χ3v) is 5.42. The minimum Gasteiger partial charge on any atom is -0.462 e. The van der Waals surface area contributed by atoms with Gasteiger partial charge in [-0.3, -0.25) is 4.98 Å². The number of anilines is 2. The van der Waals surface area contributed by atoms with Gasteiger partial charge in [0.15, 0.2) is 11.6 Å². The van der Waals surface area contributed by atoms with Gasteiger partial charge in [-0.2, -0.15) is 0 Å². The smallest absolute Gasteiger partial charge is 0.283 e. The third-order valence-electron chi connectivity index (χ3n) is 5.42. The van der Waals surface area contributed by atoms with Crippen LogP contribution < -0.4 is 11.1 Å². The predicted molar refractivity (Wildman–Crippen MR) is 101 cm³/mol. The summed E-state index contributed by atoms with van der Waals surface area (Å²) in [6, 6.07) is 7.26. The van der Waals surface area contributed by atoms with Crippen LogP contribution in [0.1, 0.15) is 12.0 Å². The number of amidine groups is 1. The summed E-state index contributed by atoms with van der Waals surface area (Å²) in [7, 11) is 0. The normalized spacial score (nSPS) is 25.1. The Kier molecular flexibility index (Phi) is 3.87. The Hall–Kier alpha value is -3.36. The molecule has 6 nitrogen and oxygen atoms in total. The number of ether oxygens (including phenoxy) is 1. The second kappa shape index (κ2) is 6.33. The minimum absolute atomic E-state index is 0.0862. The van der Waals surface area contributed by atoms with Gasteiger partial charge in [0.2, 0.25) is 0 Å². The van der Waals surface area contributed by atoms with Crippen LogP contribution in [0.2, 0.25) is 0 Å². The number of halogens is 3. The first-order valence-corrected chi connectivity index (χ1v) is 9.06. The van der Waals surface area contributed by atoms with Gasteiger partial charge < -0.3 is 15.8 Å². The number of rotatable bonds is 4. The van der Waals surface area contributed by atoms with Crippen molar-refractivity contribution >= 4 is 28.4 Å². The highest BCUT2D eigenvalue weighted by Crippen LogP contribution is 2.53. The van der Waals surface area contributed by atoms with Crippen molar-refractivity contribution in [2.45, 2.75) is 18.1 Å². The van der Waals surface area contributed by atoms with E-state index in [0.29, 0.717) is 28.8 Å². The van der Waals surface area contributed by atoms with Crippen molar-refractivity contribution in [1.29, 1.82) is 0 Å². The van der Waals surface area contributed by atoms with Crippen LogP contribution in [0.5, 0.6) is 0 Å². The third kappa shape index (κ3) is 2.76. The van der Waals surface area contributed by atoms with Crippen molar-refractivity contribution in [3.63, 3.8) is 0 Å². The number of nitrogens with one attached hydrogen (secondary N) is 1. The predicted octanol–water partition coefficient (Wildman–Crippen LogP) is 3.55. The number of nitrogens with zero attached hydrogens (tertiary/aromatic N) is 3. The van der Waals surface area contributed by atoms with E-state index >= 15 is 0 Å². The van der Waals surface area contributed by atoms with E-state index in [-0.39, 0.29) is 23.6 Å². The van der Waals surface area contributed by atoms with Crippen molar-refractivity contribution in [3.05, 3.63) is 59.9 Å². The largest absolute Gasteiger partial charge is 0.462 e. The van der Waals surface area contributed by atoms with E-state index in [1.807, 2.05) is 0 Å². The summed E-state index contributed by atoms with van der Waals surface area (Å²) in [5, 5.41) is 3.32. The lowest BCUT2D eigenvalue weighted by molar-refractivity contribution is 0.168. The topological polar surface area (TPSA) is 85.4 Å². The maximum Gasteiger partial charge on any atom is 0.283 e. The standard InChI is InChI=1S/C20H16F3N5O/c21-9-20(13-7-16(13)29-19(24)28-20)12-6-10(3-4-14(12)22)27-18-17-11(2-1-5-25-17)15(23)8-26-18/h1-6,8,13,16H,7,9H2,(H2,24,28)(H,26,27)/t13-,16+,20+/m0/s1. The highest BCUT2D eigenvalue weighted by molar-refractivity contribution is 5.90. The van der Waals surface area contributed by atoms with Crippen LogP contribution in [0.3, 0.4) is 0 Å². The van der Waals surface area contributed by atoms with Gasteiger partial charge in [-0.25, -0.2) is 23.1 Å². The van der Waals surface area contributed by atoms with Crippen molar-refractivity contribution in [2.75, 3.05) is 12.0 Å². The van der Waals surface area contributed by atoms with Crippen LogP contribution in [-0.4, -0.2) is 28.8 Å². The lowest BCUT2D eigenvalue weighted by atomic mass is 9.85. The van der Waals surface area contributed by atoms with Gasteiger partial charge in [0, 0.05) is 28.8 Å². The molecule has 3 N–H and O–H groups in total. The quantitative estimate of drug-likeness (QED) is 0.701. The second-order valence-electron chi connectivity index (χ2n) is 7.18. The molecule has 1 aliphatic heterocycles. The summed E-state index contributed by atoms with van der Waals surface area (Å²) in [6.07, 6.45) is 2.90. The Morgan fingerprint density at radius 1 is 1.21 bits per heavy atom. The monoisotopic (exact) mass is 399 g/mol. The van der Waals surface area contributed by atoms with Gasteiger partial charge in [-0.05, 0) is 36.8 Å². The van der Waals surface area contributed by atoms with Gasteiger partial charge >= 0.3 is 0 Å². The molecule has 9 heteroatoms. The van der Waals surface area contributed by atoms with E-state index < -0.39 is 23.8 Å². The molecule has 3 heterocycles.